The molecule has 0 bridgehead atoms. The second kappa shape index (κ2) is 8.75. The Kier molecular flexibility index (Phi) is 6.45. The van der Waals surface area contributed by atoms with Crippen LogP contribution in [0.25, 0.3) is 10.9 Å². The van der Waals surface area contributed by atoms with Gasteiger partial charge in [0.15, 0.2) is 0 Å². The van der Waals surface area contributed by atoms with Crippen LogP contribution < -0.4 is 10.9 Å². The molecule has 0 spiro atoms. The third-order valence-electron chi connectivity index (χ3n) is 7.46. The molecule has 1 N–H and O–H groups in total. The lowest BCUT2D eigenvalue weighted by Gasteiger charge is -2.40. The summed E-state index contributed by atoms with van der Waals surface area (Å²) >= 11 is 0. The van der Waals surface area contributed by atoms with Gasteiger partial charge in [0, 0.05) is 23.7 Å². The number of pyridine rings is 1. The van der Waals surface area contributed by atoms with Crippen molar-refractivity contribution in [3.8, 4) is 0 Å². The summed E-state index contributed by atoms with van der Waals surface area (Å²) in [4.78, 5) is 31.9. The molecule has 6 nitrogen and oxygen atoms in total. The number of hydrogen-bond donors (Lipinski definition) is 1. The minimum Gasteiger partial charge on any atom is -0.363 e. The lowest BCUT2D eigenvalue weighted by atomic mass is 9.90. The average molecular weight is 559 g/mol. The summed E-state index contributed by atoms with van der Waals surface area (Å²) in [5.41, 5.74) is -0.464. The average Bonchev–Trinajstić information content (AvgIpc) is 2.99. The first kappa shape index (κ1) is 28.0. The van der Waals surface area contributed by atoms with Gasteiger partial charge in [-0.3, -0.25) is 9.59 Å². The maximum atomic E-state index is 13.4. The highest BCUT2D eigenvalue weighted by atomic mass is 32.5. The van der Waals surface area contributed by atoms with Gasteiger partial charge in [0.1, 0.15) is 22.3 Å². The first-order valence-corrected chi connectivity index (χ1v) is 14.3. The van der Waals surface area contributed by atoms with E-state index in [9.17, 15) is 29.0 Å². The van der Waals surface area contributed by atoms with Crippen molar-refractivity contribution in [3.05, 3.63) is 58.3 Å². The molecule has 1 aromatic carbocycles. The van der Waals surface area contributed by atoms with Crippen LogP contribution in [-0.2, 0) is 10.3 Å². The Morgan fingerprint density at radius 1 is 1.13 bits per heavy atom. The second-order valence-corrected chi connectivity index (χ2v) is 13.0. The van der Waals surface area contributed by atoms with Crippen molar-refractivity contribution in [1.82, 2.24) is 14.5 Å². The first-order valence-electron chi connectivity index (χ1n) is 12.4. The molecule has 2 aromatic heterocycles. The third-order valence-corrected chi connectivity index (χ3v) is 8.60. The summed E-state index contributed by atoms with van der Waals surface area (Å²) in [5, 5.41) is 3.50. The van der Waals surface area contributed by atoms with E-state index in [1.165, 1.54) is 12.1 Å². The molecule has 12 heteroatoms. The number of Topliss-reactive ketones (excluding diaryl/α,β-unsaturated/α-hetero) is 1. The highest BCUT2D eigenvalue weighted by Crippen LogP contribution is 3.02. The van der Waals surface area contributed by atoms with Gasteiger partial charge in [0.2, 0.25) is 0 Å². The van der Waals surface area contributed by atoms with Crippen molar-refractivity contribution in [2.45, 2.75) is 76.3 Å². The maximum Gasteiger partial charge on any atom is 0.310 e. The van der Waals surface area contributed by atoms with Crippen molar-refractivity contribution in [3.63, 3.8) is 0 Å². The van der Waals surface area contributed by atoms with E-state index in [4.69, 9.17) is 0 Å². The van der Waals surface area contributed by atoms with Crippen LogP contribution in [0.15, 0.2) is 46.2 Å². The Labute approximate surface area is 217 Å². The molecule has 1 saturated carbocycles. The van der Waals surface area contributed by atoms with E-state index < -0.39 is 26.7 Å². The molecule has 0 aliphatic heterocycles. The van der Waals surface area contributed by atoms with Crippen molar-refractivity contribution in [2.75, 3.05) is 5.32 Å². The Morgan fingerprint density at radius 2 is 1.84 bits per heavy atom. The lowest BCUT2D eigenvalue weighted by Crippen LogP contribution is -2.38. The zero-order valence-electron chi connectivity index (χ0n) is 21.6. The predicted molar refractivity (Wildman–Crippen MR) is 139 cm³/mol. The van der Waals surface area contributed by atoms with Crippen molar-refractivity contribution in [2.24, 2.45) is 5.92 Å². The largest absolute Gasteiger partial charge is 0.363 e. The summed E-state index contributed by atoms with van der Waals surface area (Å²) < 4.78 is 68.5. The Balaban J connectivity index is 1.74. The molecule has 0 amide bonds. The molecule has 2 unspecified atom stereocenters. The number of nitrogens with zero attached hydrogens (tertiary/aromatic N) is 3. The standard InChI is InChI=1S/C26H31F5N4O2S/c1-16(20-7-5-9-21(13-20)38(27,28,29,30)31)32-25-22-15-35(24(37)14-23(22)33-18(3)34-25)26(4)11-6-8-19(10-12-26)17(2)36/h5,7,9,13-16,19H,6,8,10-12H2,1-4H3,(H,32,33,34)/t16-,19?,26?/m1/s1. The number of aryl methyl sites for hydroxylation is 1. The first-order chi connectivity index (χ1) is 17.4. The normalized spacial score (nSPS) is 23.2. The highest BCUT2D eigenvalue weighted by molar-refractivity contribution is 8.45. The van der Waals surface area contributed by atoms with Gasteiger partial charge in [-0.05, 0) is 71.1 Å². The molecule has 208 valence electrons. The van der Waals surface area contributed by atoms with Crippen LogP contribution in [0.2, 0.25) is 0 Å². The van der Waals surface area contributed by atoms with Gasteiger partial charge in [-0.1, -0.05) is 38.0 Å². The quantitative estimate of drug-likeness (QED) is 0.247. The predicted octanol–water partition coefficient (Wildman–Crippen LogP) is 7.81. The summed E-state index contributed by atoms with van der Waals surface area (Å²) in [5.74, 6) is 0.693. The van der Waals surface area contributed by atoms with Crippen molar-refractivity contribution in [1.29, 1.82) is 0 Å². The van der Waals surface area contributed by atoms with Gasteiger partial charge in [-0.2, -0.15) is 0 Å². The number of ketones is 1. The summed E-state index contributed by atoms with van der Waals surface area (Å²) in [6, 6.07) is 3.66. The van der Waals surface area contributed by atoms with Gasteiger partial charge >= 0.3 is 10.2 Å². The molecule has 3 aromatic rings. The van der Waals surface area contributed by atoms with E-state index in [2.05, 4.69) is 15.3 Å². The fraction of sp³-hybridized carbons (Fsp3) is 0.462. The number of hydrogen-bond acceptors (Lipinski definition) is 5. The zero-order chi connectivity index (χ0) is 28.2. The van der Waals surface area contributed by atoms with E-state index in [0.717, 1.165) is 18.9 Å². The SMILES string of the molecule is CC(=O)C1CCCC(C)(n2cc3c(N[C@H](C)c4cccc(S(F)(F)(F)(F)F)c4)nc(C)nc3cc2=O)CC1. The van der Waals surface area contributed by atoms with E-state index in [-0.39, 0.29) is 28.6 Å². The molecular weight excluding hydrogens is 527 g/mol. The van der Waals surface area contributed by atoms with Crippen LogP contribution in [0.1, 0.15) is 70.3 Å². The monoisotopic (exact) mass is 558 g/mol. The Hall–Kier alpha value is -3.02. The molecule has 4 rings (SSSR count). The molecule has 3 atom stereocenters. The van der Waals surface area contributed by atoms with E-state index >= 15 is 0 Å². The fourth-order valence-corrected chi connectivity index (χ4v) is 5.89. The second-order valence-electron chi connectivity index (χ2n) is 10.5. The fourth-order valence-electron chi connectivity index (χ4n) is 5.19. The Bertz CT molecular complexity index is 1480. The highest BCUT2D eigenvalue weighted by Gasteiger charge is 2.65. The van der Waals surface area contributed by atoms with Gasteiger partial charge < -0.3 is 9.88 Å². The number of fused-ring (bicyclic) bond motifs is 1. The molecule has 1 aliphatic rings. The molecule has 1 fully saturated rings. The molecule has 1 aliphatic carbocycles. The van der Waals surface area contributed by atoms with Crippen LogP contribution in [0.4, 0.5) is 25.2 Å². The van der Waals surface area contributed by atoms with Crippen molar-refractivity contribution >= 4 is 32.7 Å². The van der Waals surface area contributed by atoms with Crippen LogP contribution in [0.5, 0.6) is 0 Å². The number of anilines is 1. The van der Waals surface area contributed by atoms with Gasteiger partial charge in [0.25, 0.3) is 5.56 Å². The Morgan fingerprint density at radius 3 is 2.50 bits per heavy atom. The number of rotatable bonds is 6. The number of carbonyl (C=O) groups excluding carboxylic acids is 1. The third kappa shape index (κ3) is 5.84. The van der Waals surface area contributed by atoms with Crippen LogP contribution in [0.3, 0.4) is 0 Å². The van der Waals surface area contributed by atoms with Gasteiger partial charge in [-0.25, -0.2) is 9.97 Å². The van der Waals surface area contributed by atoms with Crippen molar-refractivity contribution < 1.29 is 24.2 Å². The van der Waals surface area contributed by atoms with E-state index in [1.807, 2.05) is 6.92 Å². The smallest absolute Gasteiger partial charge is 0.310 e. The molecule has 0 radical (unpaired) electrons. The van der Waals surface area contributed by atoms with Crippen LogP contribution in [0, 0.1) is 12.8 Å². The van der Waals surface area contributed by atoms with E-state index in [1.54, 1.807) is 31.5 Å². The van der Waals surface area contributed by atoms with Gasteiger partial charge in [-0.15, -0.1) is 0 Å². The summed E-state index contributed by atoms with van der Waals surface area (Å²) in [6.45, 7) is 6.71. The molecule has 0 saturated heterocycles. The summed E-state index contributed by atoms with van der Waals surface area (Å²) in [6.07, 6.45) is 5.15. The molecule has 2 heterocycles. The van der Waals surface area contributed by atoms with Gasteiger partial charge in [0.05, 0.1) is 16.9 Å². The molecule has 38 heavy (non-hydrogen) atoms. The minimum atomic E-state index is -9.84. The molecular formula is C26H31F5N4O2S. The number of nitrogens with one attached hydrogen (secondary N) is 1. The van der Waals surface area contributed by atoms with Crippen LogP contribution >= 0.6 is 10.2 Å². The topological polar surface area (TPSA) is 76.9 Å². The lowest BCUT2D eigenvalue weighted by molar-refractivity contribution is -0.121. The number of carbonyl (C=O) groups is 1. The number of halogens is 5. The van der Waals surface area contributed by atoms with Crippen LogP contribution in [-0.4, -0.2) is 20.3 Å². The summed E-state index contributed by atoms with van der Waals surface area (Å²) in [7, 11) is -9.84. The number of benzene rings is 1. The van der Waals surface area contributed by atoms with E-state index in [0.29, 0.717) is 48.1 Å². The minimum absolute atomic E-state index is 0.000471. The number of aromatic nitrogens is 3. The zero-order valence-corrected chi connectivity index (χ0v) is 22.4. The maximum absolute atomic E-state index is 13.4.